The van der Waals surface area contributed by atoms with E-state index in [9.17, 15) is 8.42 Å². The van der Waals surface area contributed by atoms with Gasteiger partial charge in [-0.3, -0.25) is 4.72 Å². The van der Waals surface area contributed by atoms with Gasteiger partial charge in [-0.1, -0.05) is 37.6 Å². The van der Waals surface area contributed by atoms with E-state index in [2.05, 4.69) is 4.72 Å². The van der Waals surface area contributed by atoms with Crippen LogP contribution in [-0.2, 0) is 10.0 Å². The van der Waals surface area contributed by atoms with Crippen LogP contribution in [0.15, 0.2) is 47.4 Å². The summed E-state index contributed by atoms with van der Waals surface area (Å²) in [6, 6.07) is 11.5. The first-order valence-electron chi connectivity index (χ1n) is 6.80. The third-order valence-corrected chi connectivity index (χ3v) is 4.94. The molecule has 0 heterocycles. The lowest BCUT2D eigenvalue weighted by atomic mass is 10.0. The van der Waals surface area contributed by atoms with Gasteiger partial charge >= 0.3 is 0 Å². The van der Waals surface area contributed by atoms with Crippen molar-refractivity contribution in [3.8, 4) is 5.75 Å². The predicted octanol–water partition coefficient (Wildman–Crippen LogP) is 4.27. The Morgan fingerprint density at radius 2 is 1.82 bits per heavy atom. The van der Waals surface area contributed by atoms with Crippen LogP contribution in [0.5, 0.6) is 5.75 Å². The number of hydrogen-bond acceptors (Lipinski definition) is 3. The zero-order chi connectivity index (χ0) is 16.3. The maximum atomic E-state index is 12.5. The average molecular weight is 340 g/mol. The maximum absolute atomic E-state index is 12.5. The van der Waals surface area contributed by atoms with Gasteiger partial charge in [-0.05, 0) is 41.8 Å². The molecule has 0 aromatic heterocycles. The van der Waals surface area contributed by atoms with E-state index in [1.54, 1.807) is 43.5 Å². The van der Waals surface area contributed by atoms with Gasteiger partial charge in [-0.25, -0.2) is 8.42 Å². The Bertz CT molecular complexity index is 773. The molecule has 22 heavy (non-hydrogen) atoms. The van der Waals surface area contributed by atoms with Crippen molar-refractivity contribution in [1.82, 2.24) is 0 Å². The van der Waals surface area contributed by atoms with E-state index < -0.39 is 10.0 Å². The molecule has 0 saturated heterocycles. The fourth-order valence-electron chi connectivity index (χ4n) is 2.08. The molecule has 0 radical (unpaired) electrons. The van der Waals surface area contributed by atoms with E-state index in [0.29, 0.717) is 16.5 Å². The first-order chi connectivity index (χ1) is 10.3. The number of methoxy groups -OCH3 is 1. The topological polar surface area (TPSA) is 55.4 Å². The Kier molecular flexibility index (Phi) is 4.98. The highest BCUT2D eigenvalue weighted by Crippen LogP contribution is 2.30. The lowest BCUT2D eigenvalue weighted by Gasteiger charge is -2.15. The van der Waals surface area contributed by atoms with Crippen molar-refractivity contribution >= 4 is 27.3 Å². The monoisotopic (exact) mass is 339 g/mol. The Hall–Kier alpha value is -1.72. The molecule has 0 aliphatic rings. The minimum atomic E-state index is -3.71. The van der Waals surface area contributed by atoms with Gasteiger partial charge in [0.15, 0.2) is 0 Å². The second kappa shape index (κ2) is 6.58. The fourth-order valence-corrected chi connectivity index (χ4v) is 3.43. The number of nitrogens with one attached hydrogen (secondary N) is 1. The maximum Gasteiger partial charge on any atom is 0.261 e. The van der Waals surface area contributed by atoms with Crippen molar-refractivity contribution in [3.05, 3.63) is 53.1 Å². The average Bonchev–Trinajstić information content (AvgIpc) is 2.48. The summed E-state index contributed by atoms with van der Waals surface area (Å²) in [4.78, 5) is 0.178. The van der Waals surface area contributed by atoms with E-state index in [-0.39, 0.29) is 10.8 Å². The van der Waals surface area contributed by atoms with Gasteiger partial charge in [0.05, 0.1) is 22.7 Å². The van der Waals surface area contributed by atoms with E-state index >= 15 is 0 Å². The number of hydrogen-bond donors (Lipinski definition) is 1. The standard InChI is InChI=1S/C16H18ClNO3S/c1-11(2)13-10-12(8-9-16(13)21-3)22(19,20)18-15-7-5-4-6-14(15)17/h4-11,18H,1-3H3. The molecule has 0 amide bonds. The smallest absolute Gasteiger partial charge is 0.261 e. The normalized spacial score (nSPS) is 11.5. The van der Waals surface area contributed by atoms with E-state index in [1.165, 1.54) is 6.07 Å². The highest BCUT2D eigenvalue weighted by molar-refractivity contribution is 7.92. The minimum Gasteiger partial charge on any atom is -0.496 e. The number of para-hydroxylation sites is 1. The second-order valence-corrected chi connectivity index (χ2v) is 7.23. The van der Waals surface area contributed by atoms with Gasteiger partial charge < -0.3 is 4.74 Å². The summed E-state index contributed by atoms with van der Waals surface area (Å²) >= 11 is 6.00. The number of benzene rings is 2. The summed E-state index contributed by atoms with van der Waals surface area (Å²) in [5, 5.41) is 0.351. The van der Waals surface area contributed by atoms with Crippen LogP contribution in [0.3, 0.4) is 0 Å². The molecule has 0 fully saturated rings. The molecule has 2 aromatic rings. The van der Waals surface area contributed by atoms with Gasteiger partial charge in [-0.2, -0.15) is 0 Å². The van der Waals surface area contributed by atoms with Gasteiger partial charge in [-0.15, -0.1) is 0 Å². The Labute approximate surface area is 136 Å². The summed E-state index contributed by atoms with van der Waals surface area (Å²) in [6.07, 6.45) is 0. The van der Waals surface area contributed by atoms with Crippen LogP contribution in [0.2, 0.25) is 5.02 Å². The quantitative estimate of drug-likeness (QED) is 0.884. The highest BCUT2D eigenvalue weighted by atomic mass is 35.5. The van der Waals surface area contributed by atoms with Crippen molar-refractivity contribution in [3.63, 3.8) is 0 Å². The predicted molar refractivity (Wildman–Crippen MR) is 89.3 cm³/mol. The van der Waals surface area contributed by atoms with Crippen LogP contribution < -0.4 is 9.46 Å². The summed E-state index contributed by atoms with van der Waals surface area (Å²) in [7, 11) is -2.14. The number of rotatable bonds is 5. The molecule has 0 bridgehead atoms. The molecular formula is C16H18ClNO3S. The third kappa shape index (κ3) is 3.54. The van der Waals surface area contributed by atoms with Crippen LogP contribution in [0.25, 0.3) is 0 Å². The first-order valence-corrected chi connectivity index (χ1v) is 8.66. The second-order valence-electron chi connectivity index (χ2n) is 5.14. The molecule has 0 aliphatic heterocycles. The van der Waals surface area contributed by atoms with Crippen LogP contribution >= 0.6 is 11.6 Å². The van der Waals surface area contributed by atoms with E-state index in [4.69, 9.17) is 16.3 Å². The Balaban J connectivity index is 2.42. The Morgan fingerprint density at radius 3 is 2.41 bits per heavy atom. The fraction of sp³-hybridized carbons (Fsp3) is 0.250. The van der Waals surface area contributed by atoms with Crippen molar-refractivity contribution < 1.29 is 13.2 Å². The molecule has 6 heteroatoms. The van der Waals surface area contributed by atoms with Gasteiger partial charge in [0.1, 0.15) is 5.75 Å². The third-order valence-electron chi connectivity index (χ3n) is 3.25. The summed E-state index contributed by atoms with van der Waals surface area (Å²) in [5.74, 6) is 0.817. The van der Waals surface area contributed by atoms with Gasteiger partial charge in [0.25, 0.3) is 10.0 Å². The largest absolute Gasteiger partial charge is 0.496 e. The summed E-state index contributed by atoms with van der Waals surface area (Å²) in [5.41, 5.74) is 1.19. The van der Waals surface area contributed by atoms with E-state index in [0.717, 1.165) is 5.56 Å². The van der Waals surface area contributed by atoms with Crippen LogP contribution in [-0.4, -0.2) is 15.5 Å². The molecule has 2 aromatic carbocycles. The molecule has 0 aliphatic carbocycles. The lowest BCUT2D eigenvalue weighted by Crippen LogP contribution is -2.14. The van der Waals surface area contributed by atoms with Crippen LogP contribution in [0.1, 0.15) is 25.3 Å². The molecular weight excluding hydrogens is 322 g/mol. The SMILES string of the molecule is COc1ccc(S(=O)(=O)Nc2ccccc2Cl)cc1C(C)C. The molecule has 0 unspecified atom stereocenters. The molecule has 0 atom stereocenters. The summed E-state index contributed by atoms with van der Waals surface area (Å²) in [6.45, 7) is 3.96. The molecule has 0 spiro atoms. The zero-order valence-electron chi connectivity index (χ0n) is 12.6. The first kappa shape index (κ1) is 16.6. The number of halogens is 1. The molecule has 118 valence electrons. The van der Waals surface area contributed by atoms with Crippen LogP contribution in [0, 0.1) is 0 Å². The molecule has 4 nitrogen and oxygen atoms in total. The van der Waals surface area contributed by atoms with Crippen molar-refractivity contribution in [2.45, 2.75) is 24.7 Å². The molecule has 2 rings (SSSR count). The van der Waals surface area contributed by atoms with Crippen molar-refractivity contribution in [1.29, 1.82) is 0 Å². The number of anilines is 1. The van der Waals surface area contributed by atoms with Crippen LogP contribution in [0.4, 0.5) is 5.69 Å². The minimum absolute atomic E-state index is 0.144. The van der Waals surface area contributed by atoms with E-state index in [1.807, 2.05) is 13.8 Å². The molecule has 0 saturated carbocycles. The van der Waals surface area contributed by atoms with Gasteiger partial charge in [0.2, 0.25) is 0 Å². The Morgan fingerprint density at radius 1 is 1.14 bits per heavy atom. The molecule has 1 N–H and O–H groups in total. The zero-order valence-corrected chi connectivity index (χ0v) is 14.2. The highest BCUT2D eigenvalue weighted by Gasteiger charge is 2.18. The lowest BCUT2D eigenvalue weighted by molar-refractivity contribution is 0.407. The summed E-state index contributed by atoms with van der Waals surface area (Å²) < 4.78 is 32.8. The van der Waals surface area contributed by atoms with Crippen molar-refractivity contribution in [2.75, 3.05) is 11.8 Å². The number of sulfonamides is 1. The van der Waals surface area contributed by atoms with Crippen molar-refractivity contribution in [2.24, 2.45) is 0 Å². The number of ether oxygens (including phenoxy) is 1. The van der Waals surface area contributed by atoms with Gasteiger partial charge in [0, 0.05) is 0 Å².